The molecule has 1 saturated heterocycles. The Morgan fingerprint density at radius 2 is 1.88 bits per heavy atom. The highest BCUT2D eigenvalue weighted by molar-refractivity contribution is 14.0. The van der Waals surface area contributed by atoms with E-state index >= 15 is 0 Å². The Hall–Kier alpha value is -1.51. The summed E-state index contributed by atoms with van der Waals surface area (Å²) in [5.74, 6) is 0.474. The number of aliphatic imine (C=N–C) groups is 1. The van der Waals surface area contributed by atoms with E-state index in [9.17, 15) is 4.79 Å². The number of hydrogen-bond donors (Lipinski definition) is 1. The zero-order chi connectivity index (χ0) is 18.4. The standard InChI is InChI=1S/C19H30N4O2.HI/c1-15-7-6-8-16(13-15)22-9-11-23(12-10-22)18(20-5)21-14-17(24)25-19(2,3)4;/h6-8,13H,9-12,14H2,1-5H3,(H,20,21);1H. The third-order valence-corrected chi connectivity index (χ3v) is 3.97. The predicted molar refractivity (Wildman–Crippen MR) is 118 cm³/mol. The molecule has 146 valence electrons. The number of nitrogens with zero attached hydrogens (tertiary/aromatic N) is 3. The van der Waals surface area contributed by atoms with Crippen molar-refractivity contribution in [3.8, 4) is 0 Å². The average molecular weight is 474 g/mol. The number of halogens is 1. The maximum absolute atomic E-state index is 11.9. The summed E-state index contributed by atoms with van der Waals surface area (Å²) in [5.41, 5.74) is 2.06. The normalized spacial score (nSPS) is 15.3. The number of piperazine rings is 1. The van der Waals surface area contributed by atoms with E-state index in [1.54, 1.807) is 7.05 Å². The van der Waals surface area contributed by atoms with Crippen molar-refractivity contribution in [2.75, 3.05) is 44.7 Å². The summed E-state index contributed by atoms with van der Waals surface area (Å²) >= 11 is 0. The van der Waals surface area contributed by atoms with Crippen molar-refractivity contribution in [3.05, 3.63) is 29.8 Å². The topological polar surface area (TPSA) is 57.2 Å². The molecule has 1 aliphatic heterocycles. The maximum atomic E-state index is 11.9. The molecule has 2 rings (SSSR count). The number of carbonyl (C=O) groups is 1. The fourth-order valence-corrected chi connectivity index (χ4v) is 2.86. The van der Waals surface area contributed by atoms with Gasteiger partial charge in [-0.3, -0.25) is 9.79 Å². The number of benzene rings is 1. The van der Waals surface area contributed by atoms with Gasteiger partial charge in [0, 0.05) is 38.9 Å². The van der Waals surface area contributed by atoms with Gasteiger partial charge in [0.1, 0.15) is 12.1 Å². The van der Waals surface area contributed by atoms with E-state index in [2.05, 4.69) is 51.3 Å². The first-order valence-electron chi connectivity index (χ1n) is 8.77. The van der Waals surface area contributed by atoms with Gasteiger partial charge in [0.05, 0.1) is 0 Å². The van der Waals surface area contributed by atoms with Crippen LogP contribution < -0.4 is 10.2 Å². The van der Waals surface area contributed by atoms with Gasteiger partial charge < -0.3 is 19.9 Å². The number of guanidine groups is 1. The van der Waals surface area contributed by atoms with E-state index in [4.69, 9.17) is 4.74 Å². The molecular weight excluding hydrogens is 443 g/mol. The number of esters is 1. The van der Waals surface area contributed by atoms with Gasteiger partial charge >= 0.3 is 5.97 Å². The van der Waals surface area contributed by atoms with Gasteiger partial charge in [-0.1, -0.05) is 12.1 Å². The van der Waals surface area contributed by atoms with Crippen LogP contribution in [0, 0.1) is 6.92 Å². The third-order valence-electron chi connectivity index (χ3n) is 3.97. The van der Waals surface area contributed by atoms with Crippen LogP contribution in [0.3, 0.4) is 0 Å². The Labute approximate surface area is 174 Å². The molecule has 1 aromatic rings. The summed E-state index contributed by atoms with van der Waals surface area (Å²) in [4.78, 5) is 20.7. The molecule has 26 heavy (non-hydrogen) atoms. The zero-order valence-electron chi connectivity index (χ0n) is 16.4. The molecule has 0 saturated carbocycles. The molecule has 7 heteroatoms. The Balaban J connectivity index is 0.00000338. The average Bonchev–Trinajstić information content (AvgIpc) is 2.54. The quantitative estimate of drug-likeness (QED) is 0.316. The second-order valence-electron chi connectivity index (χ2n) is 7.30. The van der Waals surface area contributed by atoms with Crippen molar-refractivity contribution >= 4 is 41.6 Å². The Morgan fingerprint density at radius 3 is 2.42 bits per heavy atom. The Morgan fingerprint density at radius 1 is 1.23 bits per heavy atom. The Bertz CT molecular complexity index is 620. The first kappa shape index (κ1) is 22.5. The van der Waals surface area contributed by atoms with Crippen molar-refractivity contribution in [1.29, 1.82) is 0 Å². The van der Waals surface area contributed by atoms with Crippen LogP contribution in [-0.4, -0.2) is 62.2 Å². The van der Waals surface area contributed by atoms with Crippen LogP contribution in [-0.2, 0) is 9.53 Å². The molecule has 1 fully saturated rings. The predicted octanol–water partition coefficient (Wildman–Crippen LogP) is 2.65. The van der Waals surface area contributed by atoms with Crippen LogP contribution in [0.5, 0.6) is 0 Å². The van der Waals surface area contributed by atoms with E-state index in [1.807, 2.05) is 20.8 Å². The fourth-order valence-electron chi connectivity index (χ4n) is 2.86. The molecule has 1 aliphatic rings. The van der Waals surface area contributed by atoms with Gasteiger partial charge in [0.25, 0.3) is 0 Å². The minimum Gasteiger partial charge on any atom is -0.459 e. The molecule has 0 aliphatic carbocycles. The van der Waals surface area contributed by atoms with Crippen LogP contribution in [0.4, 0.5) is 5.69 Å². The molecule has 0 spiro atoms. The summed E-state index contributed by atoms with van der Waals surface area (Å²) in [7, 11) is 1.74. The van der Waals surface area contributed by atoms with E-state index in [-0.39, 0.29) is 36.5 Å². The van der Waals surface area contributed by atoms with Crippen molar-refractivity contribution in [1.82, 2.24) is 10.2 Å². The van der Waals surface area contributed by atoms with Crippen LogP contribution >= 0.6 is 24.0 Å². The van der Waals surface area contributed by atoms with E-state index in [0.717, 1.165) is 32.1 Å². The van der Waals surface area contributed by atoms with E-state index in [1.165, 1.54) is 11.3 Å². The SMILES string of the molecule is CN=C(NCC(=O)OC(C)(C)C)N1CCN(c2cccc(C)c2)CC1.I. The summed E-state index contributed by atoms with van der Waals surface area (Å²) in [5, 5.41) is 3.11. The molecule has 0 unspecified atom stereocenters. The van der Waals surface area contributed by atoms with Crippen LogP contribution in [0.25, 0.3) is 0 Å². The highest BCUT2D eigenvalue weighted by atomic mass is 127. The Kier molecular flexibility index (Phi) is 8.66. The van der Waals surface area contributed by atoms with Gasteiger partial charge in [-0.25, -0.2) is 0 Å². The lowest BCUT2D eigenvalue weighted by atomic mass is 10.2. The van der Waals surface area contributed by atoms with Crippen LogP contribution in [0.15, 0.2) is 29.3 Å². The van der Waals surface area contributed by atoms with Crippen molar-refractivity contribution in [2.45, 2.75) is 33.3 Å². The molecule has 0 radical (unpaired) electrons. The molecular formula is C19H31IN4O2. The molecule has 0 amide bonds. The van der Waals surface area contributed by atoms with Crippen LogP contribution in [0.2, 0.25) is 0 Å². The van der Waals surface area contributed by atoms with Crippen molar-refractivity contribution in [3.63, 3.8) is 0 Å². The smallest absolute Gasteiger partial charge is 0.325 e. The lowest BCUT2D eigenvalue weighted by molar-refractivity contribution is -0.153. The summed E-state index contributed by atoms with van der Waals surface area (Å²) < 4.78 is 5.32. The second kappa shape index (κ2) is 9.99. The van der Waals surface area contributed by atoms with Gasteiger partial charge in [0.2, 0.25) is 0 Å². The first-order valence-corrected chi connectivity index (χ1v) is 8.77. The number of aryl methyl sites for hydroxylation is 1. The number of carbonyl (C=O) groups excluding carboxylic acids is 1. The second-order valence-corrected chi connectivity index (χ2v) is 7.30. The number of ether oxygens (including phenoxy) is 1. The molecule has 1 aromatic carbocycles. The fraction of sp³-hybridized carbons (Fsp3) is 0.579. The lowest BCUT2D eigenvalue weighted by Gasteiger charge is -2.37. The summed E-state index contributed by atoms with van der Waals surface area (Å²) in [6.07, 6.45) is 0. The minimum absolute atomic E-state index is 0. The molecule has 0 bridgehead atoms. The van der Waals surface area contributed by atoms with Gasteiger partial charge in [0.15, 0.2) is 5.96 Å². The molecule has 0 atom stereocenters. The molecule has 1 N–H and O–H groups in total. The number of anilines is 1. The number of nitrogens with one attached hydrogen (secondary N) is 1. The van der Waals surface area contributed by atoms with E-state index in [0.29, 0.717) is 0 Å². The largest absolute Gasteiger partial charge is 0.459 e. The maximum Gasteiger partial charge on any atom is 0.325 e. The minimum atomic E-state index is -0.471. The molecule has 0 aromatic heterocycles. The zero-order valence-corrected chi connectivity index (χ0v) is 18.7. The van der Waals surface area contributed by atoms with Crippen molar-refractivity contribution in [2.24, 2.45) is 4.99 Å². The summed E-state index contributed by atoms with van der Waals surface area (Å²) in [6.45, 7) is 11.4. The van der Waals surface area contributed by atoms with Gasteiger partial charge in [-0.2, -0.15) is 0 Å². The van der Waals surface area contributed by atoms with E-state index < -0.39 is 5.60 Å². The third kappa shape index (κ3) is 7.01. The number of rotatable bonds is 3. The highest BCUT2D eigenvalue weighted by Crippen LogP contribution is 2.17. The van der Waals surface area contributed by atoms with Gasteiger partial charge in [-0.05, 0) is 45.4 Å². The van der Waals surface area contributed by atoms with Crippen LogP contribution in [0.1, 0.15) is 26.3 Å². The van der Waals surface area contributed by atoms with Crippen molar-refractivity contribution < 1.29 is 9.53 Å². The lowest BCUT2D eigenvalue weighted by Crippen LogP contribution is -2.53. The molecule has 1 heterocycles. The first-order chi connectivity index (χ1) is 11.8. The van der Waals surface area contributed by atoms with Gasteiger partial charge in [-0.15, -0.1) is 24.0 Å². The number of hydrogen-bond acceptors (Lipinski definition) is 4. The molecule has 6 nitrogen and oxygen atoms in total. The monoisotopic (exact) mass is 474 g/mol. The highest BCUT2D eigenvalue weighted by Gasteiger charge is 2.21. The summed E-state index contributed by atoms with van der Waals surface area (Å²) in [6, 6.07) is 8.57.